The average molecular weight is 247 g/mol. The highest BCUT2D eigenvalue weighted by Gasteiger charge is 2.21. The van der Waals surface area contributed by atoms with Gasteiger partial charge in [0.15, 0.2) is 0 Å². The summed E-state index contributed by atoms with van der Waals surface area (Å²) >= 11 is 0. The van der Waals surface area contributed by atoms with Crippen molar-refractivity contribution in [2.75, 3.05) is 26.3 Å². The lowest BCUT2D eigenvalue weighted by atomic mass is 9.81. The van der Waals surface area contributed by atoms with Gasteiger partial charge in [-0.3, -0.25) is 4.90 Å². The molecule has 1 fully saturated rings. The van der Waals surface area contributed by atoms with Gasteiger partial charge in [0.05, 0.1) is 13.2 Å². The van der Waals surface area contributed by atoms with Crippen LogP contribution in [0, 0.1) is 6.92 Å². The molecule has 2 heteroatoms. The summed E-state index contributed by atoms with van der Waals surface area (Å²) in [5.41, 5.74) is 4.61. The molecule has 0 aliphatic carbocycles. The Balaban J connectivity index is 2.24. The molecule has 0 unspecified atom stereocenters. The molecule has 1 aliphatic rings. The number of morpholine rings is 1. The minimum atomic E-state index is 0.215. The largest absolute Gasteiger partial charge is 0.379 e. The van der Waals surface area contributed by atoms with E-state index in [-0.39, 0.29) is 5.41 Å². The molecule has 2 nitrogen and oxygen atoms in total. The van der Waals surface area contributed by atoms with Gasteiger partial charge in [-0.05, 0) is 29.0 Å². The Hall–Kier alpha value is -0.860. The second-order valence-electron chi connectivity index (χ2n) is 6.25. The number of rotatable bonds is 2. The van der Waals surface area contributed by atoms with Gasteiger partial charge < -0.3 is 4.74 Å². The van der Waals surface area contributed by atoms with Crippen molar-refractivity contribution >= 4 is 0 Å². The molecule has 2 rings (SSSR count). The Morgan fingerprint density at radius 3 is 2.44 bits per heavy atom. The van der Waals surface area contributed by atoms with Gasteiger partial charge in [0.25, 0.3) is 0 Å². The molecule has 0 spiro atoms. The number of aryl methyl sites for hydroxylation is 1. The van der Waals surface area contributed by atoms with Gasteiger partial charge in [-0.2, -0.15) is 0 Å². The van der Waals surface area contributed by atoms with E-state index < -0.39 is 0 Å². The molecular weight excluding hydrogens is 222 g/mol. The van der Waals surface area contributed by atoms with Crippen molar-refractivity contribution in [3.05, 3.63) is 34.9 Å². The molecule has 0 N–H and O–H groups in total. The second kappa shape index (κ2) is 5.41. The van der Waals surface area contributed by atoms with Crippen LogP contribution in [0.4, 0.5) is 0 Å². The maximum Gasteiger partial charge on any atom is 0.0594 e. The molecule has 0 saturated carbocycles. The summed E-state index contributed by atoms with van der Waals surface area (Å²) in [6.45, 7) is 14.0. The topological polar surface area (TPSA) is 12.5 Å². The van der Waals surface area contributed by atoms with Gasteiger partial charge in [0, 0.05) is 19.6 Å². The first-order chi connectivity index (χ1) is 8.48. The van der Waals surface area contributed by atoms with Crippen molar-refractivity contribution in [3.63, 3.8) is 0 Å². The number of ether oxygens (including phenoxy) is 1. The molecule has 0 atom stereocenters. The Morgan fingerprint density at radius 2 is 1.83 bits per heavy atom. The fraction of sp³-hybridized carbons (Fsp3) is 0.625. The van der Waals surface area contributed by atoms with Crippen LogP contribution in [0.2, 0.25) is 0 Å². The average Bonchev–Trinajstić information content (AvgIpc) is 2.28. The molecule has 18 heavy (non-hydrogen) atoms. The lowest BCUT2D eigenvalue weighted by molar-refractivity contribution is 0.0340. The molecular formula is C16H25NO. The SMILES string of the molecule is Cc1cccc(CN2CCOCC2)c1C(C)(C)C. The van der Waals surface area contributed by atoms with E-state index >= 15 is 0 Å². The second-order valence-corrected chi connectivity index (χ2v) is 6.25. The van der Waals surface area contributed by atoms with Gasteiger partial charge in [0.1, 0.15) is 0 Å². The van der Waals surface area contributed by atoms with Crippen LogP contribution in [0.3, 0.4) is 0 Å². The molecule has 0 amide bonds. The zero-order valence-corrected chi connectivity index (χ0v) is 12.1. The Labute approximate surface area is 111 Å². The number of nitrogens with zero attached hydrogens (tertiary/aromatic N) is 1. The van der Waals surface area contributed by atoms with Crippen molar-refractivity contribution < 1.29 is 4.74 Å². The summed E-state index contributed by atoms with van der Waals surface area (Å²) in [6.07, 6.45) is 0. The van der Waals surface area contributed by atoms with E-state index in [0.717, 1.165) is 32.8 Å². The molecule has 0 bridgehead atoms. The van der Waals surface area contributed by atoms with Crippen LogP contribution >= 0.6 is 0 Å². The molecule has 0 aromatic heterocycles. The lowest BCUT2D eigenvalue weighted by Gasteiger charge is -2.31. The zero-order chi connectivity index (χ0) is 13.2. The standard InChI is InChI=1S/C16H25NO/c1-13-6-5-7-14(15(13)16(2,3)4)12-17-8-10-18-11-9-17/h5-7H,8-12H2,1-4H3. The molecule has 1 heterocycles. The van der Waals surface area contributed by atoms with Gasteiger partial charge in [-0.1, -0.05) is 39.0 Å². The number of hydrogen-bond acceptors (Lipinski definition) is 2. The van der Waals surface area contributed by atoms with Crippen LogP contribution in [-0.2, 0) is 16.7 Å². The summed E-state index contributed by atoms with van der Waals surface area (Å²) in [4.78, 5) is 2.49. The van der Waals surface area contributed by atoms with Crippen molar-refractivity contribution in [2.45, 2.75) is 39.7 Å². The fourth-order valence-corrected chi connectivity index (χ4v) is 2.93. The predicted molar refractivity (Wildman–Crippen MR) is 76.0 cm³/mol. The Morgan fingerprint density at radius 1 is 1.17 bits per heavy atom. The van der Waals surface area contributed by atoms with E-state index in [9.17, 15) is 0 Å². The van der Waals surface area contributed by atoms with Crippen LogP contribution in [0.1, 0.15) is 37.5 Å². The molecule has 1 saturated heterocycles. The first kappa shape index (κ1) is 13.6. The first-order valence-corrected chi connectivity index (χ1v) is 6.87. The molecule has 0 radical (unpaired) electrons. The molecule has 100 valence electrons. The van der Waals surface area contributed by atoms with Gasteiger partial charge in [0.2, 0.25) is 0 Å². The van der Waals surface area contributed by atoms with Gasteiger partial charge in [-0.15, -0.1) is 0 Å². The summed E-state index contributed by atoms with van der Waals surface area (Å²) in [6, 6.07) is 6.69. The first-order valence-electron chi connectivity index (χ1n) is 6.87. The predicted octanol–water partition coefficient (Wildman–Crippen LogP) is 3.12. The zero-order valence-electron chi connectivity index (χ0n) is 12.1. The minimum Gasteiger partial charge on any atom is -0.379 e. The number of benzene rings is 1. The quantitative estimate of drug-likeness (QED) is 0.796. The fourth-order valence-electron chi connectivity index (χ4n) is 2.93. The summed E-state index contributed by atoms with van der Waals surface area (Å²) in [5.74, 6) is 0. The van der Waals surface area contributed by atoms with Crippen LogP contribution in [0.5, 0.6) is 0 Å². The summed E-state index contributed by atoms with van der Waals surface area (Å²) in [5, 5.41) is 0. The smallest absolute Gasteiger partial charge is 0.0594 e. The van der Waals surface area contributed by atoms with E-state index in [2.05, 4.69) is 50.8 Å². The van der Waals surface area contributed by atoms with Gasteiger partial charge in [-0.25, -0.2) is 0 Å². The van der Waals surface area contributed by atoms with Crippen molar-refractivity contribution in [1.82, 2.24) is 4.90 Å². The Bertz CT molecular complexity index is 400. The van der Waals surface area contributed by atoms with E-state index in [4.69, 9.17) is 4.74 Å². The van der Waals surface area contributed by atoms with Crippen LogP contribution in [-0.4, -0.2) is 31.2 Å². The third-order valence-corrected chi connectivity index (χ3v) is 3.61. The Kier molecular flexibility index (Phi) is 4.08. The summed E-state index contributed by atoms with van der Waals surface area (Å²) in [7, 11) is 0. The van der Waals surface area contributed by atoms with Crippen LogP contribution in [0.15, 0.2) is 18.2 Å². The van der Waals surface area contributed by atoms with Crippen molar-refractivity contribution in [3.8, 4) is 0 Å². The molecule has 1 aromatic carbocycles. The van der Waals surface area contributed by atoms with E-state index in [0.29, 0.717) is 0 Å². The highest BCUT2D eigenvalue weighted by molar-refractivity contribution is 5.39. The van der Waals surface area contributed by atoms with Gasteiger partial charge >= 0.3 is 0 Å². The van der Waals surface area contributed by atoms with E-state index in [1.807, 2.05) is 0 Å². The monoisotopic (exact) mass is 247 g/mol. The number of hydrogen-bond donors (Lipinski definition) is 0. The molecule has 1 aliphatic heterocycles. The van der Waals surface area contributed by atoms with Crippen LogP contribution < -0.4 is 0 Å². The highest BCUT2D eigenvalue weighted by atomic mass is 16.5. The van der Waals surface area contributed by atoms with E-state index in [1.54, 1.807) is 0 Å². The lowest BCUT2D eigenvalue weighted by Crippen LogP contribution is -2.36. The van der Waals surface area contributed by atoms with Crippen molar-refractivity contribution in [2.24, 2.45) is 0 Å². The minimum absolute atomic E-state index is 0.215. The highest BCUT2D eigenvalue weighted by Crippen LogP contribution is 2.29. The summed E-state index contributed by atoms with van der Waals surface area (Å²) < 4.78 is 5.42. The van der Waals surface area contributed by atoms with E-state index in [1.165, 1.54) is 16.7 Å². The normalized spacial score (nSPS) is 18.0. The maximum atomic E-state index is 5.42. The van der Waals surface area contributed by atoms with Crippen molar-refractivity contribution in [1.29, 1.82) is 0 Å². The third kappa shape index (κ3) is 3.12. The molecule has 1 aromatic rings. The maximum absolute atomic E-state index is 5.42. The third-order valence-electron chi connectivity index (χ3n) is 3.61. The van der Waals surface area contributed by atoms with Crippen LogP contribution in [0.25, 0.3) is 0 Å².